The number of nitrogens with two attached hydrogens (primary N) is 1. The normalized spacial score (nSPS) is 10.8. The van der Waals surface area contributed by atoms with Crippen LogP contribution >= 0.6 is 0 Å². The predicted octanol–water partition coefficient (Wildman–Crippen LogP) is 2.59. The van der Waals surface area contributed by atoms with E-state index in [4.69, 9.17) is 5.73 Å². The maximum Gasteiger partial charge on any atom is 0.0237 e. The Balaban J connectivity index is 2.57. The fourth-order valence-electron chi connectivity index (χ4n) is 1.90. The average molecular weight is 232 g/mol. The Bertz CT molecular complexity index is 340. The molecular formula is C15H24N2. The second-order valence-electron chi connectivity index (χ2n) is 4.62. The van der Waals surface area contributed by atoms with E-state index in [0.29, 0.717) is 0 Å². The molecular weight excluding hydrogens is 208 g/mol. The zero-order valence-corrected chi connectivity index (χ0v) is 11.1. The van der Waals surface area contributed by atoms with Gasteiger partial charge in [-0.25, -0.2) is 0 Å². The number of hydrogen-bond donors (Lipinski definition) is 1. The van der Waals surface area contributed by atoms with Gasteiger partial charge in [-0.05, 0) is 37.6 Å². The van der Waals surface area contributed by atoms with Crippen LogP contribution in [0.1, 0.15) is 25.0 Å². The Morgan fingerprint density at radius 1 is 1.24 bits per heavy atom. The predicted molar refractivity (Wildman–Crippen MR) is 75.0 cm³/mol. The Kier molecular flexibility index (Phi) is 5.95. The Morgan fingerprint density at radius 2 is 1.82 bits per heavy atom. The highest BCUT2D eigenvalue weighted by Gasteiger charge is 2.03. The Morgan fingerprint density at radius 3 is 2.29 bits per heavy atom. The zero-order valence-electron chi connectivity index (χ0n) is 11.1. The van der Waals surface area contributed by atoms with Crippen molar-refractivity contribution in [2.75, 3.05) is 19.6 Å². The first kappa shape index (κ1) is 13.9. The van der Waals surface area contributed by atoms with Gasteiger partial charge in [0.1, 0.15) is 0 Å². The largest absolute Gasteiger partial charge is 0.330 e. The molecule has 0 aliphatic heterocycles. The van der Waals surface area contributed by atoms with E-state index in [1.807, 2.05) is 0 Å². The smallest absolute Gasteiger partial charge is 0.0237 e. The minimum absolute atomic E-state index is 0.718. The van der Waals surface area contributed by atoms with Crippen LogP contribution in [0.3, 0.4) is 0 Å². The van der Waals surface area contributed by atoms with Gasteiger partial charge in [-0.2, -0.15) is 0 Å². The summed E-state index contributed by atoms with van der Waals surface area (Å²) >= 11 is 0. The topological polar surface area (TPSA) is 29.3 Å². The molecule has 0 spiro atoms. The van der Waals surface area contributed by atoms with E-state index in [1.54, 1.807) is 0 Å². The zero-order chi connectivity index (χ0) is 12.7. The molecule has 0 aliphatic rings. The number of nitrogens with zero attached hydrogens (tertiary/aromatic N) is 1. The molecule has 0 heterocycles. The summed E-state index contributed by atoms with van der Waals surface area (Å²) in [4.78, 5) is 2.39. The van der Waals surface area contributed by atoms with Gasteiger partial charge in [-0.15, -0.1) is 0 Å². The van der Waals surface area contributed by atoms with Gasteiger partial charge >= 0.3 is 0 Å². The van der Waals surface area contributed by atoms with Crippen molar-refractivity contribution < 1.29 is 0 Å². The first-order valence-electron chi connectivity index (χ1n) is 6.30. The van der Waals surface area contributed by atoms with E-state index < -0.39 is 0 Å². The molecule has 0 fully saturated rings. The lowest BCUT2D eigenvalue weighted by Crippen LogP contribution is -2.24. The van der Waals surface area contributed by atoms with Gasteiger partial charge in [0, 0.05) is 13.1 Å². The van der Waals surface area contributed by atoms with Crippen LogP contribution in [0.5, 0.6) is 0 Å². The molecule has 1 aromatic carbocycles. The van der Waals surface area contributed by atoms with Crippen LogP contribution in [-0.2, 0) is 13.0 Å². The molecule has 2 N–H and O–H groups in total. The molecule has 94 valence electrons. The SMILES string of the molecule is C=C(C)CN(CC)Cc1ccc(CCN)cc1. The van der Waals surface area contributed by atoms with Crippen LogP contribution in [0.4, 0.5) is 0 Å². The van der Waals surface area contributed by atoms with Crippen LogP contribution in [-0.4, -0.2) is 24.5 Å². The lowest BCUT2D eigenvalue weighted by atomic mass is 10.1. The molecule has 17 heavy (non-hydrogen) atoms. The second-order valence-corrected chi connectivity index (χ2v) is 4.62. The van der Waals surface area contributed by atoms with E-state index in [1.165, 1.54) is 16.7 Å². The van der Waals surface area contributed by atoms with E-state index in [2.05, 4.69) is 49.6 Å². The van der Waals surface area contributed by atoms with E-state index in [9.17, 15) is 0 Å². The van der Waals surface area contributed by atoms with Crippen molar-refractivity contribution in [3.8, 4) is 0 Å². The summed E-state index contributed by atoms with van der Waals surface area (Å²) in [7, 11) is 0. The third-order valence-corrected chi connectivity index (χ3v) is 2.80. The minimum atomic E-state index is 0.718. The summed E-state index contributed by atoms with van der Waals surface area (Å²) in [5.74, 6) is 0. The molecule has 0 saturated heterocycles. The maximum atomic E-state index is 5.54. The number of rotatable bonds is 7. The standard InChI is InChI=1S/C15H24N2/c1-4-17(11-13(2)3)12-15-7-5-14(6-8-15)9-10-16/h5-8H,2,4,9-12,16H2,1,3H3. The summed E-state index contributed by atoms with van der Waals surface area (Å²) in [5.41, 5.74) is 9.43. The number of hydrogen-bond acceptors (Lipinski definition) is 2. The summed E-state index contributed by atoms with van der Waals surface area (Å²) in [6.45, 7) is 12.0. The molecule has 0 atom stereocenters. The highest BCUT2D eigenvalue weighted by atomic mass is 15.1. The lowest BCUT2D eigenvalue weighted by Gasteiger charge is -2.20. The fraction of sp³-hybridized carbons (Fsp3) is 0.467. The molecule has 0 unspecified atom stereocenters. The van der Waals surface area contributed by atoms with Crippen molar-refractivity contribution >= 4 is 0 Å². The van der Waals surface area contributed by atoms with Crippen molar-refractivity contribution in [1.82, 2.24) is 4.90 Å². The summed E-state index contributed by atoms with van der Waals surface area (Å²) in [5, 5.41) is 0. The molecule has 0 radical (unpaired) electrons. The monoisotopic (exact) mass is 232 g/mol. The summed E-state index contributed by atoms with van der Waals surface area (Å²) < 4.78 is 0. The molecule has 1 aromatic rings. The molecule has 0 aliphatic carbocycles. The van der Waals surface area contributed by atoms with Crippen molar-refractivity contribution in [2.45, 2.75) is 26.8 Å². The van der Waals surface area contributed by atoms with Crippen molar-refractivity contribution in [3.63, 3.8) is 0 Å². The molecule has 0 aromatic heterocycles. The Hall–Kier alpha value is -1.12. The second kappa shape index (κ2) is 7.25. The van der Waals surface area contributed by atoms with Crippen molar-refractivity contribution in [1.29, 1.82) is 0 Å². The fourth-order valence-corrected chi connectivity index (χ4v) is 1.90. The first-order chi connectivity index (χ1) is 8.15. The van der Waals surface area contributed by atoms with Gasteiger partial charge in [0.2, 0.25) is 0 Å². The van der Waals surface area contributed by atoms with Crippen LogP contribution < -0.4 is 5.73 Å². The summed E-state index contributed by atoms with van der Waals surface area (Å²) in [6, 6.07) is 8.76. The van der Waals surface area contributed by atoms with Gasteiger partial charge in [0.25, 0.3) is 0 Å². The highest BCUT2D eigenvalue weighted by Crippen LogP contribution is 2.09. The highest BCUT2D eigenvalue weighted by molar-refractivity contribution is 5.22. The third kappa shape index (κ3) is 5.16. The molecule has 0 amide bonds. The van der Waals surface area contributed by atoms with Gasteiger partial charge < -0.3 is 5.73 Å². The van der Waals surface area contributed by atoms with Crippen LogP contribution in [0.15, 0.2) is 36.4 Å². The van der Waals surface area contributed by atoms with Crippen LogP contribution in [0.25, 0.3) is 0 Å². The van der Waals surface area contributed by atoms with Crippen LogP contribution in [0.2, 0.25) is 0 Å². The van der Waals surface area contributed by atoms with E-state index in [0.717, 1.165) is 32.6 Å². The lowest BCUT2D eigenvalue weighted by molar-refractivity contribution is 0.304. The van der Waals surface area contributed by atoms with Gasteiger partial charge in [0.05, 0.1) is 0 Å². The Labute approximate surface area is 105 Å². The summed E-state index contributed by atoms with van der Waals surface area (Å²) in [6.07, 6.45) is 0.962. The molecule has 2 nitrogen and oxygen atoms in total. The number of benzene rings is 1. The van der Waals surface area contributed by atoms with Crippen molar-refractivity contribution in [2.24, 2.45) is 5.73 Å². The van der Waals surface area contributed by atoms with E-state index >= 15 is 0 Å². The van der Waals surface area contributed by atoms with Gasteiger partial charge in [-0.3, -0.25) is 4.90 Å². The molecule has 0 saturated carbocycles. The molecule has 2 heteroatoms. The molecule has 0 bridgehead atoms. The van der Waals surface area contributed by atoms with Crippen LogP contribution in [0, 0.1) is 0 Å². The maximum absolute atomic E-state index is 5.54. The molecule has 1 rings (SSSR count). The van der Waals surface area contributed by atoms with Gasteiger partial charge in [0.15, 0.2) is 0 Å². The first-order valence-corrected chi connectivity index (χ1v) is 6.30. The average Bonchev–Trinajstić information content (AvgIpc) is 2.30. The number of likely N-dealkylation sites (N-methyl/N-ethyl adjacent to an activating group) is 1. The minimum Gasteiger partial charge on any atom is -0.330 e. The van der Waals surface area contributed by atoms with Crippen molar-refractivity contribution in [3.05, 3.63) is 47.5 Å². The third-order valence-electron chi connectivity index (χ3n) is 2.80. The quantitative estimate of drug-likeness (QED) is 0.732. The van der Waals surface area contributed by atoms with Gasteiger partial charge in [-0.1, -0.05) is 43.3 Å². The van der Waals surface area contributed by atoms with E-state index in [-0.39, 0.29) is 0 Å².